The highest BCUT2D eigenvalue weighted by Gasteiger charge is 2.06. The highest BCUT2D eigenvalue weighted by atomic mass is 127. The molecule has 0 aliphatic rings. The SMILES string of the molecule is Cc1cccc([C@H](C)NCc2ccc(I)o2)c1. The van der Waals surface area contributed by atoms with Gasteiger partial charge in [-0.15, -0.1) is 0 Å². The van der Waals surface area contributed by atoms with Gasteiger partial charge >= 0.3 is 0 Å². The molecular weight excluding hydrogens is 325 g/mol. The van der Waals surface area contributed by atoms with Crippen molar-refractivity contribution in [3.63, 3.8) is 0 Å². The van der Waals surface area contributed by atoms with Gasteiger partial charge in [-0.2, -0.15) is 0 Å². The summed E-state index contributed by atoms with van der Waals surface area (Å²) in [5.41, 5.74) is 2.61. The summed E-state index contributed by atoms with van der Waals surface area (Å²) in [5, 5.41) is 3.46. The van der Waals surface area contributed by atoms with Gasteiger partial charge in [0.2, 0.25) is 0 Å². The van der Waals surface area contributed by atoms with Gasteiger partial charge in [0.05, 0.1) is 6.54 Å². The monoisotopic (exact) mass is 341 g/mol. The molecule has 2 aromatic rings. The molecule has 0 fully saturated rings. The molecule has 0 saturated heterocycles. The molecule has 1 atom stereocenters. The first-order valence-corrected chi connectivity index (χ1v) is 6.77. The molecule has 0 aliphatic carbocycles. The highest BCUT2D eigenvalue weighted by Crippen LogP contribution is 2.15. The minimum Gasteiger partial charge on any atom is -0.454 e. The van der Waals surface area contributed by atoms with Crippen LogP contribution >= 0.6 is 22.6 Å². The van der Waals surface area contributed by atoms with Crippen LogP contribution in [-0.4, -0.2) is 0 Å². The van der Waals surface area contributed by atoms with Crippen molar-refractivity contribution >= 4 is 22.6 Å². The fourth-order valence-electron chi connectivity index (χ4n) is 1.76. The molecule has 0 spiro atoms. The molecule has 3 heteroatoms. The second-order valence-electron chi connectivity index (χ2n) is 4.22. The van der Waals surface area contributed by atoms with Gasteiger partial charge in [0.25, 0.3) is 0 Å². The molecule has 0 unspecified atom stereocenters. The van der Waals surface area contributed by atoms with Crippen molar-refractivity contribution < 1.29 is 4.42 Å². The van der Waals surface area contributed by atoms with Crippen molar-refractivity contribution in [2.75, 3.05) is 0 Å². The van der Waals surface area contributed by atoms with Gasteiger partial charge in [-0.3, -0.25) is 0 Å². The molecule has 0 saturated carbocycles. The third kappa shape index (κ3) is 3.57. The average Bonchev–Trinajstić information content (AvgIpc) is 2.72. The number of nitrogens with one attached hydrogen (secondary N) is 1. The maximum atomic E-state index is 5.52. The van der Waals surface area contributed by atoms with Crippen molar-refractivity contribution in [3.05, 3.63) is 57.1 Å². The first kappa shape index (κ1) is 12.6. The number of furan rings is 1. The highest BCUT2D eigenvalue weighted by molar-refractivity contribution is 14.1. The largest absolute Gasteiger partial charge is 0.454 e. The van der Waals surface area contributed by atoms with E-state index < -0.39 is 0 Å². The molecule has 1 heterocycles. The molecule has 0 radical (unpaired) electrons. The van der Waals surface area contributed by atoms with Crippen LogP contribution in [0.4, 0.5) is 0 Å². The van der Waals surface area contributed by atoms with Crippen LogP contribution in [0.1, 0.15) is 29.9 Å². The Morgan fingerprint density at radius 2 is 2.12 bits per heavy atom. The molecule has 1 N–H and O–H groups in total. The Balaban J connectivity index is 1.95. The van der Waals surface area contributed by atoms with E-state index in [1.807, 2.05) is 12.1 Å². The maximum absolute atomic E-state index is 5.52. The van der Waals surface area contributed by atoms with Gasteiger partial charge < -0.3 is 9.73 Å². The summed E-state index contributed by atoms with van der Waals surface area (Å²) in [7, 11) is 0. The maximum Gasteiger partial charge on any atom is 0.164 e. The number of halogens is 1. The second kappa shape index (κ2) is 5.69. The Hall–Kier alpha value is -0.810. The van der Waals surface area contributed by atoms with E-state index in [4.69, 9.17) is 4.42 Å². The van der Waals surface area contributed by atoms with Crippen molar-refractivity contribution in [2.24, 2.45) is 0 Å². The molecule has 90 valence electrons. The van der Waals surface area contributed by atoms with E-state index >= 15 is 0 Å². The number of aryl methyl sites for hydroxylation is 1. The first-order valence-electron chi connectivity index (χ1n) is 5.69. The van der Waals surface area contributed by atoms with Crippen molar-refractivity contribution in [1.29, 1.82) is 0 Å². The summed E-state index contributed by atoms with van der Waals surface area (Å²) in [4.78, 5) is 0. The number of rotatable bonds is 4. The van der Waals surface area contributed by atoms with E-state index in [2.05, 4.69) is 66.0 Å². The summed E-state index contributed by atoms with van der Waals surface area (Å²) in [5.74, 6) is 0.980. The quantitative estimate of drug-likeness (QED) is 0.849. The van der Waals surface area contributed by atoms with Crippen LogP contribution in [0, 0.1) is 10.7 Å². The van der Waals surface area contributed by atoms with Gasteiger partial charge in [-0.1, -0.05) is 29.8 Å². The molecule has 2 nitrogen and oxygen atoms in total. The minimum atomic E-state index is 0.331. The Bertz CT molecular complexity index is 492. The van der Waals surface area contributed by atoms with Crippen molar-refractivity contribution in [1.82, 2.24) is 5.32 Å². The van der Waals surface area contributed by atoms with Gasteiger partial charge in [0, 0.05) is 6.04 Å². The van der Waals surface area contributed by atoms with Crippen LogP contribution in [0.3, 0.4) is 0 Å². The van der Waals surface area contributed by atoms with Crippen LogP contribution in [0.5, 0.6) is 0 Å². The van der Waals surface area contributed by atoms with E-state index in [9.17, 15) is 0 Å². The van der Waals surface area contributed by atoms with E-state index in [0.29, 0.717) is 6.04 Å². The summed E-state index contributed by atoms with van der Waals surface area (Å²) < 4.78 is 6.45. The second-order valence-corrected chi connectivity index (χ2v) is 5.29. The number of hydrogen-bond donors (Lipinski definition) is 1. The molecule has 1 aromatic carbocycles. The van der Waals surface area contributed by atoms with E-state index in [1.54, 1.807) is 0 Å². The van der Waals surface area contributed by atoms with Gasteiger partial charge in [0.1, 0.15) is 5.76 Å². The topological polar surface area (TPSA) is 25.2 Å². The van der Waals surface area contributed by atoms with Gasteiger partial charge in [-0.25, -0.2) is 0 Å². The molecule has 0 bridgehead atoms. The number of benzene rings is 1. The fourth-order valence-corrected chi connectivity index (χ4v) is 2.22. The third-order valence-corrected chi connectivity index (χ3v) is 3.33. The standard InChI is InChI=1S/C14H16INO/c1-10-4-3-5-12(8-10)11(2)16-9-13-6-7-14(15)17-13/h3-8,11,16H,9H2,1-2H3/t11-/m0/s1. The zero-order valence-electron chi connectivity index (χ0n) is 10.0. The van der Waals surface area contributed by atoms with Crippen LogP contribution < -0.4 is 5.32 Å². The lowest BCUT2D eigenvalue weighted by Gasteiger charge is -2.13. The van der Waals surface area contributed by atoms with E-state index in [0.717, 1.165) is 16.1 Å². The van der Waals surface area contributed by atoms with Crippen LogP contribution in [0.25, 0.3) is 0 Å². The van der Waals surface area contributed by atoms with E-state index in [1.165, 1.54) is 11.1 Å². The summed E-state index contributed by atoms with van der Waals surface area (Å²) >= 11 is 2.18. The number of hydrogen-bond acceptors (Lipinski definition) is 2. The molecular formula is C14H16INO. The molecule has 2 rings (SSSR count). The Labute approximate surface area is 116 Å². The molecule has 17 heavy (non-hydrogen) atoms. The van der Waals surface area contributed by atoms with Crippen molar-refractivity contribution in [2.45, 2.75) is 26.4 Å². The summed E-state index contributed by atoms with van der Waals surface area (Å²) in [6.07, 6.45) is 0. The van der Waals surface area contributed by atoms with Gasteiger partial charge in [0.15, 0.2) is 3.77 Å². The van der Waals surface area contributed by atoms with Crippen LogP contribution in [0.15, 0.2) is 40.8 Å². The average molecular weight is 341 g/mol. The fraction of sp³-hybridized carbons (Fsp3) is 0.286. The Morgan fingerprint density at radius 1 is 1.29 bits per heavy atom. The van der Waals surface area contributed by atoms with Crippen LogP contribution in [-0.2, 0) is 6.54 Å². The van der Waals surface area contributed by atoms with Crippen LogP contribution in [0.2, 0.25) is 0 Å². The third-order valence-electron chi connectivity index (χ3n) is 2.75. The minimum absolute atomic E-state index is 0.331. The summed E-state index contributed by atoms with van der Waals surface area (Å²) in [6, 6.07) is 12.9. The van der Waals surface area contributed by atoms with Gasteiger partial charge in [-0.05, 0) is 54.1 Å². The lowest BCUT2D eigenvalue weighted by atomic mass is 10.1. The molecule has 0 amide bonds. The van der Waals surface area contributed by atoms with E-state index in [-0.39, 0.29) is 0 Å². The molecule has 1 aromatic heterocycles. The Morgan fingerprint density at radius 3 is 2.76 bits per heavy atom. The normalized spacial score (nSPS) is 12.6. The summed E-state index contributed by atoms with van der Waals surface area (Å²) in [6.45, 7) is 5.05. The lowest BCUT2D eigenvalue weighted by Crippen LogP contribution is -2.17. The lowest BCUT2D eigenvalue weighted by molar-refractivity contribution is 0.445. The zero-order chi connectivity index (χ0) is 12.3. The predicted octanol–water partition coefficient (Wildman–Crippen LogP) is 4.04. The Kier molecular flexibility index (Phi) is 4.23. The first-order chi connectivity index (χ1) is 8.15. The molecule has 0 aliphatic heterocycles. The smallest absolute Gasteiger partial charge is 0.164 e. The van der Waals surface area contributed by atoms with Crippen molar-refractivity contribution in [3.8, 4) is 0 Å². The predicted molar refractivity (Wildman–Crippen MR) is 77.9 cm³/mol. The zero-order valence-corrected chi connectivity index (χ0v) is 12.2.